The third-order valence-electron chi connectivity index (χ3n) is 2.64. The van der Waals surface area contributed by atoms with Crippen LogP contribution in [0.3, 0.4) is 0 Å². The van der Waals surface area contributed by atoms with Gasteiger partial charge in [-0.15, -0.1) is 0 Å². The van der Waals surface area contributed by atoms with E-state index in [1.54, 1.807) is 4.57 Å². The van der Waals surface area contributed by atoms with E-state index in [1.807, 2.05) is 0 Å². The average Bonchev–Trinajstić information content (AvgIpc) is 2.77. The maximum atomic E-state index is 11.3. The molecule has 12 heavy (non-hydrogen) atoms. The summed E-state index contributed by atoms with van der Waals surface area (Å²) >= 11 is 5.00. The molecule has 1 aromatic rings. The van der Waals surface area contributed by atoms with Crippen molar-refractivity contribution in [1.82, 2.24) is 14.8 Å². The monoisotopic (exact) mass is 185 g/mol. The maximum Gasteiger partial charge on any atom is 0.342 e. The minimum atomic E-state index is -0.112. The van der Waals surface area contributed by atoms with Crippen LogP contribution in [0.5, 0.6) is 0 Å². The van der Waals surface area contributed by atoms with E-state index in [0.29, 0.717) is 4.77 Å². The molecule has 66 valence electrons. The molecule has 0 aliphatic heterocycles. The number of rotatable bonds is 2. The van der Waals surface area contributed by atoms with Gasteiger partial charge in [0, 0.05) is 0 Å². The van der Waals surface area contributed by atoms with Crippen LogP contribution in [0.2, 0.25) is 0 Å². The lowest BCUT2D eigenvalue weighted by atomic mass is 10.2. The molecule has 0 aromatic carbocycles. The normalized spacial score (nSPS) is 19.4. The Labute approximate surface area is 74.6 Å². The molecule has 1 fully saturated rings. The minimum Gasteiger partial charge on any atom is -0.272 e. The summed E-state index contributed by atoms with van der Waals surface area (Å²) in [6.45, 7) is 2.08. The zero-order valence-corrected chi connectivity index (χ0v) is 7.70. The van der Waals surface area contributed by atoms with Gasteiger partial charge in [0.25, 0.3) is 0 Å². The molecule has 2 rings (SSSR count). The topological polar surface area (TPSA) is 53.6 Å². The summed E-state index contributed by atoms with van der Waals surface area (Å²) in [7, 11) is 0. The fraction of sp³-hybridized carbons (Fsp3) is 0.714. The lowest BCUT2D eigenvalue weighted by molar-refractivity contribution is 0.446. The van der Waals surface area contributed by atoms with Gasteiger partial charge < -0.3 is 0 Å². The standard InChI is InChI=1S/C7H11N3OS/c1-2-7(3-4-7)10-5(11)8-9-6(10)12/h2-4H2,1H3,(H,8,11)(H,9,12). The van der Waals surface area contributed by atoms with E-state index in [-0.39, 0.29) is 11.2 Å². The van der Waals surface area contributed by atoms with E-state index >= 15 is 0 Å². The molecular weight excluding hydrogens is 174 g/mol. The van der Waals surface area contributed by atoms with Gasteiger partial charge in [0.1, 0.15) is 0 Å². The first-order valence-electron chi connectivity index (χ1n) is 4.10. The molecule has 0 atom stereocenters. The minimum absolute atomic E-state index is 0.0324. The molecule has 0 amide bonds. The summed E-state index contributed by atoms with van der Waals surface area (Å²) in [6.07, 6.45) is 3.11. The highest BCUT2D eigenvalue weighted by Crippen LogP contribution is 2.45. The van der Waals surface area contributed by atoms with Gasteiger partial charge in [-0.1, -0.05) is 6.92 Å². The molecule has 2 N–H and O–H groups in total. The number of aromatic amines is 2. The average molecular weight is 185 g/mol. The van der Waals surface area contributed by atoms with Crippen LogP contribution in [0.25, 0.3) is 0 Å². The van der Waals surface area contributed by atoms with Crippen molar-refractivity contribution in [2.75, 3.05) is 0 Å². The van der Waals surface area contributed by atoms with Crippen molar-refractivity contribution in [2.45, 2.75) is 31.7 Å². The maximum absolute atomic E-state index is 11.3. The molecule has 0 bridgehead atoms. The van der Waals surface area contributed by atoms with Gasteiger partial charge in [-0.25, -0.2) is 9.89 Å². The highest BCUT2D eigenvalue weighted by Gasteiger charge is 2.44. The van der Waals surface area contributed by atoms with Crippen molar-refractivity contribution in [2.24, 2.45) is 0 Å². The van der Waals surface area contributed by atoms with E-state index < -0.39 is 0 Å². The number of hydrogen-bond acceptors (Lipinski definition) is 2. The van der Waals surface area contributed by atoms with Crippen LogP contribution in [-0.2, 0) is 5.54 Å². The third kappa shape index (κ3) is 0.891. The molecular formula is C7H11N3OS. The predicted octanol–water partition coefficient (Wildman–Crippen LogP) is 1.13. The summed E-state index contributed by atoms with van der Waals surface area (Å²) in [6, 6.07) is 0. The Balaban J connectivity index is 2.60. The second kappa shape index (κ2) is 2.32. The Morgan fingerprint density at radius 1 is 1.58 bits per heavy atom. The van der Waals surface area contributed by atoms with Crippen molar-refractivity contribution >= 4 is 12.2 Å². The summed E-state index contributed by atoms with van der Waals surface area (Å²) < 4.78 is 2.18. The predicted molar refractivity (Wildman–Crippen MR) is 47.7 cm³/mol. The molecule has 1 aliphatic rings. The molecule has 0 saturated heterocycles. The SMILES string of the molecule is CCC1(n2c(=O)[nH][nH]c2=S)CC1. The smallest absolute Gasteiger partial charge is 0.272 e. The number of nitrogens with one attached hydrogen (secondary N) is 2. The quantitative estimate of drug-likeness (QED) is 0.679. The van der Waals surface area contributed by atoms with E-state index in [9.17, 15) is 4.79 Å². The molecule has 0 spiro atoms. The molecule has 1 aliphatic carbocycles. The molecule has 4 nitrogen and oxygen atoms in total. The fourth-order valence-electron chi connectivity index (χ4n) is 1.62. The second-order valence-electron chi connectivity index (χ2n) is 3.27. The van der Waals surface area contributed by atoms with Gasteiger partial charge in [-0.05, 0) is 31.5 Å². The fourth-order valence-corrected chi connectivity index (χ4v) is 1.95. The zero-order chi connectivity index (χ0) is 8.77. The molecule has 1 aromatic heterocycles. The number of nitrogens with zero attached hydrogens (tertiary/aromatic N) is 1. The molecule has 1 heterocycles. The molecule has 0 unspecified atom stereocenters. The van der Waals surface area contributed by atoms with Crippen LogP contribution >= 0.6 is 12.2 Å². The molecule has 0 radical (unpaired) electrons. The highest BCUT2D eigenvalue weighted by molar-refractivity contribution is 7.71. The first-order valence-corrected chi connectivity index (χ1v) is 4.51. The van der Waals surface area contributed by atoms with Crippen molar-refractivity contribution < 1.29 is 0 Å². The van der Waals surface area contributed by atoms with Crippen LogP contribution in [0.4, 0.5) is 0 Å². The van der Waals surface area contributed by atoms with Gasteiger partial charge in [0.05, 0.1) is 5.54 Å². The lowest BCUT2D eigenvalue weighted by Gasteiger charge is -2.11. The Morgan fingerprint density at radius 2 is 2.25 bits per heavy atom. The van der Waals surface area contributed by atoms with Gasteiger partial charge >= 0.3 is 5.69 Å². The van der Waals surface area contributed by atoms with Gasteiger partial charge in [0.15, 0.2) is 4.77 Å². The van der Waals surface area contributed by atoms with Gasteiger partial charge in [-0.2, -0.15) is 0 Å². The third-order valence-corrected chi connectivity index (χ3v) is 2.93. The summed E-state index contributed by atoms with van der Waals surface area (Å²) in [4.78, 5) is 11.3. The Morgan fingerprint density at radius 3 is 2.58 bits per heavy atom. The van der Waals surface area contributed by atoms with E-state index in [1.165, 1.54) is 0 Å². The van der Waals surface area contributed by atoms with Crippen molar-refractivity contribution in [3.05, 3.63) is 15.3 Å². The van der Waals surface area contributed by atoms with E-state index in [0.717, 1.165) is 19.3 Å². The van der Waals surface area contributed by atoms with Crippen molar-refractivity contribution in [3.63, 3.8) is 0 Å². The highest BCUT2D eigenvalue weighted by atomic mass is 32.1. The molecule has 5 heteroatoms. The number of H-pyrrole nitrogens is 2. The largest absolute Gasteiger partial charge is 0.342 e. The summed E-state index contributed by atoms with van der Waals surface area (Å²) in [5.41, 5.74) is -0.0793. The zero-order valence-electron chi connectivity index (χ0n) is 6.89. The van der Waals surface area contributed by atoms with E-state index in [2.05, 4.69) is 17.1 Å². The van der Waals surface area contributed by atoms with Gasteiger partial charge in [0.2, 0.25) is 0 Å². The van der Waals surface area contributed by atoms with Crippen LogP contribution in [0.1, 0.15) is 26.2 Å². The van der Waals surface area contributed by atoms with Gasteiger partial charge in [-0.3, -0.25) is 9.67 Å². The first kappa shape index (κ1) is 7.79. The van der Waals surface area contributed by atoms with Crippen molar-refractivity contribution in [1.29, 1.82) is 0 Å². The number of hydrogen-bond donors (Lipinski definition) is 2. The first-order chi connectivity index (χ1) is 5.69. The second-order valence-corrected chi connectivity index (χ2v) is 3.66. The molecule has 1 saturated carbocycles. The summed E-state index contributed by atoms with van der Waals surface area (Å²) in [5.74, 6) is 0. The Bertz CT molecular complexity index is 368. The van der Waals surface area contributed by atoms with Crippen LogP contribution < -0.4 is 5.69 Å². The van der Waals surface area contributed by atoms with Crippen molar-refractivity contribution in [3.8, 4) is 0 Å². The summed E-state index contributed by atoms with van der Waals surface area (Å²) in [5, 5.41) is 5.15. The van der Waals surface area contributed by atoms with Crippen LogP contribution in [0.15, 0.2) is 4.79 Å². The Kier molecular flexibility index (Phi) is 1.51. The van der Waals surface area contributed by atoms with E-state index in [4.69, 9.17) is 12.2 Å². The lowest BCUT2D eigenvalue weighted by Crippen LogP contribution is -2.27. The Hall–Kier alpha value is -0.840. The van der Waals surface area contributed by atoms with Crippen LogP contribution in [-0.4, -0.2) is 14.8 Å². The number of aromatic nitrogens is 3. The van der Waals surface area contributed by atoms with Crippen LogP contribution in [0, 0.1) is 4.77 Å².